The fraction of sp³-hybridized carbons (Fsp3) is 0.357. The fourth-order valence-electron chi connectivity index (χ4n) is 2.54. The number of hydrogen-bond donors (Lipinski definition) is 2. The Bertz CT molecular complexity index is 658. The van der Waals surface area contributed by atoms with E-state index in [0.717, 1.165) is 11.3 Å². The summed E-state index contributed by atoms with van der Waals surface area (Å²) in [5, 5.41) is 20.9. The lowest BCUT2D eigenvalue weighted by Crippen LogP contribution is -2.29. The molecule has 1 aromatic carbocycles. The molecule has 1 aliphatic rings. The minimum absolute atomic E-state index is 0.0340. The number of halogens is 1. The van der Waals surface area contributed by atoms with E-state index in [1.165, 1.54) is 0 Å². The van der Waals surface area contributed by atoms with E-state index < -0.39 is 12.0 Å². The van der Waals surface area contributed by atoms with Crippen LogP contribution in [0.1, 0.15) is 23.7 Å². The highest BCUT2D eigenvalue weighted by Gasteiger charge is 2.30. The molecular formula is C14H15ClN4O2. The Kier molecular flexibility index (Phi) is 3.90. The van der Waals surface area contributed by atoms with Gasteiger partial charge in [0.05, 0.1) is 11.7 Å². The molecule has 110 valence electrons. The van der Waals surface area contributed by atoms with Gasteiger partial charge in [-0.3, -0.25) is 4.79 Å². The van der Waals surface area contributed by atoms with Gasteiger partial charge in [0.25, 0.3) is 0 Å². The van der Waals surface area contributed by atoms with Gasteiger partial charge in [-0.2, -0.15) is 0 Å². The average molecular weight is 307 g/mol. The molecule has 21 heavy (non-hydrogen) atoms. The van der Waals surface area contributed by atoms with Gasteiger partial charge in [0.2, 0.25) is 0 Å². The zero-order valence-electron chi connectivity index (χ0n) is 11.2. The number of carbonyl (C=O) groups is 1. The first-order valence-electron chi connectivity index (χ1n) is 6.73. The minimum Gasteiger partial charge on any atom is -0.480 e. The monoisotopic (exact) mass is 306 g/mol. The van der Waals surface area contributed by atoms with E-state index in [2.05, 4.69) is 15.6 Å². The van der Waals surface area contributed by atoms with E-state index in [-0.39, 0.29) is 6.04 Å². The Morgan fingerprint density at radius 2 is 2.38 bits per heavy atom. The second kappa shape index (κ2) is 5.83. The molecule has 1 aliphatic heterocycles. The summed E-state index contributed by atoms with van der Waals surface area (Å²) >= 11 is 5.96. The van der Waals surface area contributed by atoms with Crippen LogP contribution in [0.25, 0.3) is 0 Å². The first-order valence-corrected chi connectivity index (χ1v) is 7.11. The number of benzene rings is 1. The van der Waals surface area contributed by atoms with Crippen molar-refractivity contribution in [3.63, 3.8) is 0 Å². The average Bonchev–Trinajstić information content (AvgIpc) is 3.06. The van der Waals surface area contributed by atoms with E-state index in [9.17, 15) is 4.79 Å². The first-order chi connectivity index (χ1) is 10.1. The largest absolute Gasteiger partial charge is 0.480 e. The summed E-state index contributed by atoms with van der Waals surface area (Å²) in [4.78, 5) is 10.9. The number of rotatable bonds is 4. The Hall–Kier alpha value is -1.92. The van der Waals surface area contributed by atoms with Crippen LogP contribution < -0.4 is 5.32 Å². The summed E-state index contributed by atoms with van der Waals surface area (Å²) in [6.07, 6.45) is 3.05. The maximum absolute atomic E-state index is 10.9. The number of carboxylic acid groups (broad SMARTS) is 1. The van der Waals surface area contributed by atoms with Crippen LogP contribution in [0.2, 0.25) is 5.02 Å². The normalized spacial score (nSPS) is 21.6. The highest BCUT2D eigenvalue weighted by molar-refractivity contribution is 6.30. The lowest BCUT2D eigenvalue weighted by molar-refractivity contribution is -0.139. The molecule has 2 atom stereocenters. The zero-order valence-corrected chi connectivity index (χ0v) is 12.0. The van der Waals surface area contributed by atoms with Gasteiger partial charge in [0.1, 0.15) is 6.04 Å². The van der Waals surface area contributed by atoms with Crippen LogP contribution in [0.3, 0.4) is 0 Å². The fourth-order valence-corrected chi connectivity index (χ4v) is 2.75. The molecule has 0 bridgehead atoms. The van der Waals surface area contributed by atoms with E-state index in [1.54, 1.807) is 4.68 Å². The van der Waals surface area contributed by atoms with Gasteiger partial charge in [-0.25, -0.2) is 4.68 Å². The van der Waals surface area contributed by atoms with E-state index in [4.69, 9.17) is 16.7 Å². The molecule has 3 rings (SSSR count). The summed E-state index contributed by atoms with van der Waals surface area (Å²) in [7, 11) is 0. The van der Waals surface area contributed by atoms with E-state index in [0.29, 0.717) is 24.4 Å². The highest BCUT2D eigenvalue weighted by Crippen LogP contribution is 2.20. The SMILES string of the molecule is O=C(O)[C@@H]1C[C@H](n2cc(Cc3cccc(Cl)c3)nn2)CN1. The van der Waals surface area contributed by atoms with Crippen LogP contribution in [0, 0.1) is 0 Å². The molecule has 2 heterocycles. The van der Waals surface area contributed by atoms with Crippen molar-refractivity contribution >= 4 is 17.6 Å². The number of nitrogens with zero attached hydrogens (tertiary/aromatic N) is 3. The van der Waals surface area contributed by atoms with Gasteiger partial charge in [0.15, 0.2) is 0 Å². The number of nitrogens with one attached hydrogen (secondary N) is 1. The van der Waals surface area contributed by atoms with E-state index >= 15 is 0 Å². The molecule has 2 aromatic rings. The second-order valence-electron chi connectivity index (χ2n) is 5.19. The van der Waals surface area contributed by atoms with Crippen molar-refractivity contribution in [2.45, 2.75) is 24.9 Å². The van der Waals surface area contributed by atoms with Gasteiger partial charge >= 0.3 is 5.97 Å². The van der Waals surface area contributed by atoms with Crippen molar-refractivity contribution in [3.05, 3.63) is 46.7 Å². The highest BCUT2D eigenvalue weighted by atomic mass is 35.5. The van der Waals surface area contributed by atoms with Crippen molar-refractivity contribution in [3.8, 4) is 0 Å². The Balaban J connectivity index is 1.68. The van der Waals surface area contributed by atoms with Gasteiger partial charge in [0, 0.05) is 24.2 Å². The summed E-state index contributed by atoms with van der Waals surface area (Å²) in [6.45, 7) is 0.594. The van der Waals surface area contributed by atoms with Gasteiger partial charge in [-0.1, -0.05) is 28.9 Å². The number of hydrogen-bond acceptors (Lipinski definition) is 4. The molecule has 0 radical (unpaired) electrons. The number of aliphatic carboxylic acids is 1. The molecule has 2 N–H and O–H groups in total. The maximum atomic E-state index is 10.9. The van der Waals surface area contributed by atoms with Crippen LogP contribution >= 0.6 is 11.6 Å². The molecule has 0 saturated carbocycles. The standard InChI is InChI=1S/C14H15ClN4O2/c15-10-3-1-2-9(4-10)5-11-8-19(18-17-11)12-6-13(14(20)21)16-7-12/h1-4,8,12-13,16H,5-7H2,(H,20,21)/t12-,13-/m0/s1. The molecule has 6 nitrogen and oxygen atoms in total. The zero-order chi connectivity index (χ0) is 14.8. The first kappa shape index (κ1) is 14.0. The predicted octanol–water partition coefficient (Wildman–Crippen LogP) is 1.51. The second-order valence-corrected chi connectivity index (χ2v) is 5.62. The van der Waals surface area contributed by atoms with Crippen LogP contribution in [-0.4, -0.2) is 38.7 Å². The van der Waals surface area contributed by atoms with Crippen LogP contribution in [0.5, 0.6) is 0 Å². The molecule has 1 fully saturated rings. The minimum atomic E-state index is -0.822. The maximum Gasteiger partial charge on any atom is 0.320 e. The van der Waals surface area contributed by atoms with Crippen LogP contribution in [-0.2, 0) is 11.2 Å². The Morgan fingerprint density at radius 3 is 3.10 bits per heavy atom. The lowest BCUT2D eigenvalue weighted by atomic mass is 10.1. The molecule has 7 heteroatoms. The summed E-state index contributed by atoms with van der Waals surface area (Å²) in [6, 6.07) is 7.15. The Morgan fingerprint density at radius 1 is 1.52 bits per heavy atom. The molecule has 0 unspecified atom stereocenters. The van der Waals surface area contributed by atoms with Crippen molar-refractivity contribution in [1.82, 2.24) is 20.3 Å². The molecule has 0 spiro atoms. The van der Waals surface area contributed by atoms with E-state index in [1.807, 2.05) is 30.5 Å². The Labute approximate surface area is 126 Å². The predicted molar refractivity (Wildman–Crippen MR) is 77.4 cm³/mol. The van der Waals surface area contributed by atoms with Gasteiger partial charge < -0.3 is 10.4 Å². The van der Waals surface area contributed by atoms with Crippen LogP contribution in [0.15, 0.2) is 30.5 Å². The third kappa shape index (κ3) is 3.22. The molecule has 0 aliphatic carbocycles. The topological polar surface area (TPSA) is 80.0 Å². The third-order valence-corrected chi connectivity index (χ3v) is 3.85. The third-order valence-electron chi connectivity index (χ3n) is 3.61. The quantitative estimate of drug-likeness (QED) is 0.895. The van der Waals surface area contributed by atoms with Crippen molar-refractivity contribution in [2.75, 3.05) is 6.54 Å². The smallest absolute Gasteiger partial charge is 0.320 e. The van der Waals surface area contributed by atoms with Crippen LogP contribution in [0.4, 0.5) is 0 Å². The number of carboxylic acids is 1. The van der Waals surface area contributed by atoms with Crippen molar-refractivity contribution < 1.29 is 9.90 Å². The summed E-state index contributed by atoms with van der Waals surface area (Å²) in [5.41, 5.74) is 1.92. The molecule has 1 saturated heterocycles. The van der Waals surface area contributed by atoms with Crippen molar-refractivity contribution in [1.29, 1.82) is 0 Å². The van der Waals surface area contributed by atoms with Gasteiger partial charge in [-0.15, -0.1) is 5.10 Å². The summed E-state index contributed by atoms with van der Waals surface area (Å²) in [5.74, 6) is -0.822. The van der Waals surface area contributed by atoms with Crippen molar-refractivity contribution in [2.24, 2.45) is 0 Å². The lowest BCUT2D eigenvalue weighted by Gasteiger charge is -2.07. The number of aromatic nitrogens is 3. The molecular weight excluding hydrogens is 292 g/mol. The molecule has 0 amide bonds. The summed E-state index contributed by atoms with van der Waals surface area (Å²) < 4.78 is 1.75. The van der Waals surface area contributed by atoms with Gasteiger partial charge in [-0.05, 0) is 24.1 Å². The molecule has 1 aromatic heterocycles.